The molecule has 0 unspecified atom stereocenters. The number of aromatic carboxylic acids is 1. The minimum atomic E-state index is -0.893. The molecule has 0 fully saturated rings. The Kier molecular flexibility index (Phi) is 4.27. The van der Waals surface area contributed by atoms with Crippen LogP contribution in [0, 0.1) is 0 Å². The van der Waals surface area contributed by atoms with E-state index in [0.717, 1.165) is 15.0 Å². The highest BCUT2D eigenvalue weighted by Crippen LogP contribution is 2.30. The fourth-order valence-corrected chi connectivity index (χ4v) is 2.78. The van der Waals surface area contributed by atoms with E-state index < -0.39 is 5.97 Å². The largest absolute Gasteiger partial charge is 0.477 e. The Hall–Kier alpha value is -1.04. The maximum Gasteiger partial charge on any atom is 0.345 e. The van der Waals surface area contributed by atoms with Gasteiger partial charge >= 0.3 is 5.97 Å². The van der Waals surface area contributed by atoms with Gasteiger partial charge in [0.1, 0.15) is 4.88 Å². The normalized spacial score (nSPS) is 10.3. The Labute approximate surface area is 122 Å². The van der Waals surface area contributed by atoms with E-state index in [1.165, 1.54) is 11.3 Å². The summed E-state index contributed by atoms with van der Waals surface area (Å²) in [6.07, 6.45) is 0. The van der Waals surface area contributed by atoms with Gasteiger partial charge in [0, 0.05) is 11.4 Å². The SMILES string of the molecule is O=C(O)c1ccc(CNc2cccc(Cl)c2Br)s1. The fraction of sp³-hybridized carbons (Fsp3) is 0.0833. The predicted molar refractivity (Wildman–Crippen MR) is 77.8 cm³/mol. The average Bonchev–Trinajstić information content (AvgIpc) is 2.80. The summed E-state index contributed by atoms with van der Waals surface area (Å²) in [6.45, 7) is 0.566. The molecule has 0 atom stereocenters. The first-order valence-electron chi connectivity index (χ1n) is 5.08. The van der Waals surface area contributed by atoms with Gasteiger partial charge in [0.15, 0.2) is 0 Å². The molecule has 18 heavy (non-hydrogen) atoms. The summed E-state index contributed by atoms with van der Waals surface area (Å²) < 4.78 is 0.807. The van der Waals surface area contributed by atoms with Crippen LogP contribution in [0.15, 0.2) is 34.8 Å². The van der Waals surface area contributed by atoms with Crippen molar-refractivity contribution in [1.82, 2.24) is 0 Å². The second kappa shape index (κ2) is 5.73. The lowest BCUT2D eigenvalue weighted by Crippen LogP contribution is -1.98. The third-order valence-electron chi connectivity index (χ3n) is 2.28. The number of carbonyl (C=O) groups is 1. The standard InChI is InChI=1S/C12H9BrClNO2S/c13-11-8(14)2-1-3-9(11)15-6-7-4-5-10(18-7)12(16)17/h1-5,15H,6H2,(H,16,17). The molecule has 0 aliphatic carbocycles. The van der Waals surface area contributed by atoms with Crippen molar-refractivity contribution in [2.45, 2.75) is 6.54 Å². The highest BCUT2D eigenvalue weighted by molar-refractivity contribution is 9.10. The Morgan fingerprint density at radius 3 is 2.83 bits per heavy atom. The van der Waals surface area contributed by atoms with Crippen molar-refractivity contribution in [1.29, 1.82) is 0 Å². The fourth-order valence-electron chi connectivity index (χ4n) is 1.41. The van der Waals surface area contributed by atoms with Crippen molar-refractivity contribution >= 4 is 50.5 Å². The van der Waals surface area contributed by atoms with Crippen LogP contribution in [-0.4, -0.2) is 11.1 Å². The van der Waals surface area contributed by atoms with Gasteiger partial charge in [-0.15, -0.1) is 11.3 Å². The van der Waals surface area contributed by atoms with Crippen LogP contribution in [0.1, 0.15) is 14.5 Å². The number of rotatable bonds is 4. The molecule has 0 aliphatic rings. The number of hydrogen-bond donors (Lipinski definition) is 2. The number of hydrogen-bond acceptors (Lipinski definition) is 3. The number of nitrogens with one attached hydrogen (secondary N) is 1. The molecular weight excluding hydrogens is 338 g/mol. The van der Waals surface area contributed by atoms with Gasteiger partial charge in [0.25, 0.3) is 0 Å². The van der Waals surface area contributed by atoms with Crippen LogP contribution < -0.4 is 5.32 Å². The molecule has 0 spiro atoms. The molecule has 0 saturated heterocycles. The molecule has 3 nitrogen and oxygen atoms in total. The zero-order valence-electron chi connectivity index (χ0n) is 9.11. The summed E-state index contributed by atoms with van der Waals surface area (Å²) >= 11 is 10.6. The molecule has 2 aromatic rings. The lowest BCUT2D eigenvalue weighted by molar-refractivity contribution is 0.0702. The van der Waals surface area contributed by atoms with Gasteiger partial charge in [0.05, 0.1) is 15.2 Å². The molecule has 2 N–H and O–H groups in total. The number of carboxylic acids is 1. The van der Waals surface area contributed by atoms with Crippen LogP contribution in [0.2, 0.25) is 5.02 Å². The number of benzene rings is 1. The summed E-state index contributed by atoms with van der Waals surface area (Å²) in [7, 11) is 0. The van der Waals surface area contributed by atoms with E-state index in [1.807, 2.05) is 12.1 Å². The van der Waals surface area contributed by atoms with E-state index >= 15 is 0 Å². The van der Waals surface area contributed by atoms with Crippen molar-refractivity contribution in [2.75, 3.05) is 5.32 Å². The van der Waals surface area contributed by atoms with E-state index in [2.05, 4.69) is 21.2 Å². The maximum atomic E-state index is 10.8. The molecule has 0 radical (unpaired) electrons. The molecule has 2 rings (SSSR count). The smallest absolute Gasteiger partial charge is 0.345 e. The summed E-state index contributed by atoms with van der Waals surface area (Å²) in [5.74, 6) is -0.893. The third-order valence-corrected chi connectivity index (χ3v) is 4.75. The summed E-state index contributed by atoms with van der Waals surface area (Å²) in [5.41, 5.74) is 0.882. The Morgan fingerprint density at radius 1 is 1.39 bits per heavy atom. The first-order valence-corrected chi connectivity index (χ1v) is 7.06. The molecule has 6 heteroatoms. The molecular formula is C12H9BrClNO2S. The predicted octanol–water partition coefficient (Wildman–Crippen LogP) is 4.47. The van der Waals surface area contributed by atoms with E-state index in [1.54, 1.807) is 18.2 Å². The molecule has 1 aromatic heterocycles. The van der Waals surface area contributed by atoms with Crippen LogP contribution in [0.5, 0.6) is 0 Å². The first kappa shape index (κ1) is 13.4. The summed E-state index contributed by atoms with van der Waals surface area (Å²) in [4.78, 5) is 12.1. The minimum absolute atomic E-state index is 0.344. The molecule has 1 aromatic carbocycles. The topological polar surface area (TPSA) is 49.3 Å². The van der Waals surface area contributed by atoms with Gasteiger partial charge in [-0.2, -0.15) is 0 Å². The summed E-state index contributed by atoms with van der Waals surface area (Å²) in [5, 5.41) is 12.7. The van der Waals surface area contributed by atoms with Crippen molar-refractivity contribution < 1.29 is 9.90 Å². The Bertz CT molecular complexity index is 585. The molecule has 0 aliphatic heterocycles. The second-order valence-corrected chi connectivity index (χ2v) is 5.89. The highest BCUT2D eigenvalue weighted by atomic mass is 79.9. The highest BCUT2D eigenvalue weighted by Gasteiger charge is 2.08. The van der Waals surface area contributed by atoms with Gasteiger partial charge in [-0.1, -0.05) is 17.7 Å². The van der Waals surface area contributed by atoms with Gasteiger partial charge in [-0.25, -0.2) is 4.79 Å². The lowest BCUT2D eigenvalue weighted by Gasteiger charge is -2.08. The molecule has 1 heterocycles. The lowest BCUT2D eigenvalue weighted by atomic mass is 10.3. The van der Waals surface area contributed by atoms with Gasteiger partial charge in [-0.05, 0) is 40.2 Å². The maximum absolute atomic E-state index is 10.8. The zero-order chi connectivity index (χ0) is 13.1. The van der Waals surface area contributed by atoms with Crippen LogP contribution in [0.25, 0.3) is 0 Å². The molecule has 94 valence electrons. The average molecular weight is 347 g/mol. The van der Waals surface area contributed by atoms with Crippen molar-refractivity contribution in [3.8, 4) is 0 Å². The van der Waals surface area contributed by atoms with Crippen molar-refractivity contribution in [3.63, 3.8) is 0 Å². The van der Waals surface area contributed by atoms with Gasteiger partial charge < -0.3 is 10.4 Å². The zero-order valence-corrected chi connectivity index (χ0v) is 12.3. The van der Waals surface area contributed by atoms with Gasteiger partial charge in [0.2, 0.25) is 0 Å². The molecule has 0 bridgehead atoms. The van der Waals surface area contributed by atoms with Crippen LogP contribution in [-0.2, 0) is 6.54 Å². The Balaban J connectivity index is 2.07. The molecule has 0 amide bonds. The third kappa shape index (κ3) is 3.04. The quantitative estimate of drug-likeness (QED) is 0.858. The van der Waals surface area contributed by atoms with Crippen molar-refractivity contribution in [3.05, 3.63) is 49.6 Å². The van der Waals surface area contributed by atoms with Crippen LogP contribution >= 0.6 is 38.9 Å². The van der Waals surface area contributed by atoms with Crippen LogP contribution in [0.3, 0.4) is 0 Å². The second-order valence-electron chi connectivity index (χ2n) is 3.53. The van der Waals surface area contributed by atoms with E-state index in [4.69, 9.17) is 16.7 Å². The van der Waals surface area contributed by atoms with E-state index in [-0.39, 0.29) is 0 Å². The van der Waals surface area contributed by atoms with E-state index in [0.29, 0.717) is 16.4 Å². The number of carboxylic acid groups (broad SMARTS) is 1. The van der Waals surface area contributed by atoms with Crippen molar-refractivity contribution in [2.24, 2.45) is 0 Å². The summed E-state index contributed by atoms with van der Waals surface area (Å²) in [6, 6.07) is 8.97. The Morgan fingerprint density at radius 2 is 2.17 bits per heavy atom. The number of thiophene rings is 1. The minimum Gasteiger partial charge on any atom is -0.477 e. The monoisotopic (exact) mass is 345 g/mol. The van der Waals surface area contributed by atoms with Crippen LogP contribution in [0.4, 0.5) is 5.69 Å². The molecule has 0 saturated carbocycles. The van der Waals surface area contributed by atoms with Gasteiger partial charge in [-0.3, -0.25) is 0 Å². The van der Waals surface area contributed by atoms with E-state index in [9.17, 15) is 4.79 Å². The number of anilines is 1. The first-order chi connectivity index (χ1) is 8.58. The number of halogens is 2.